The number of rotatable bonds is 5. The van der Waals surface area contributed by atoms with Crippen molar-refractivity contribution < 1.29 is 9.72 Å². The second-order valence-electron chi connectivity index (χ2n) is 5.81. The predicted molar refractivity (Wildman–Crippen MR) is 102 cm³/mol. The zero-order valence-electron chi connectivity index (χ0n) is 14.5. The molecule has 1 N–H and O–H groups in total. The molecule has 0 saturated heterocycles. The summed E-state index contributed by atoms with van der Waals surface area (Å²) in [7, 11) is 1.74. The Hall–Kier alpha value is -3.73. The highest BCUT2D eigenvalue weighted by Crippen LogP contribution is 2.34. The Bertz CT molecular complexity index is 1200. The molecule has 4 rings (SSSR count). The van der Waals surface area contributed by atoms with E-state index >= 15 is 0 Å². The molecule has 140 valence electrons. The van der Waals surface area contributed by atoms with Gasteiger partial charge in [0, 0.05) is 18.7 Å². The van der Waals surface area contributed by atoms with Gasteiger partial charge in [-0.25, -0.2) is 9.66 Å². The Morgan fingerprint density at radius 2 is 2.04 bits per heavy atom. The maximum Gasteiger partial charge on any atom is 0.284 e. The summed E-state index contributed by atoms with van der Waals surface area (Å²) in [6.45, 7) is 0. The van der Waals surface area contributed by atoms with Gasteiger partial charge in [0.15, 0.2) is 5.16 Å². The van der Waals surface area contributed by atoms with Gasteiger partial charge in [0.05, 0.1) is 20.9 Å². The first-order valence-electron chi connectivity index (χ1n) is 8.06. The first kappa shape index (κ1) is 17.7. The number of nitro benzene ring substituents is 1. The fraction of sp³-hybridized carbons (Fsp3) is 0.0588. The molecular formula is C17H13N7O3S. The molecule has 0 radical (unpaired) electrons. The molecule has 10 nitrogen and oxygen atoms in total. The first-order valence-corrected chi connectivity index (χ1v) is 8.88. The molecule has 0 bridgehead atoms. The van der Waals surface area contributed by atoms with Crippen LogP contribution in [0.1, 0.15) is 10.4 Å². The highest BCUT2D eigenvalue weighted by atomic mass is 32.2. The van der Waals surface area contributed by atoms with Gasteiger partial charge >= 0.3 is 0 Å². The van der Waals surface area contributed by atoms with Crippen molar-refractivity contribution in [2.45, 2.75) is 10.1 Å². The van der Waals surface area contributed by atoms with Crippen molar-refractivity contribution in [2.24, 2.45) is 7.05 Å². The van der Waals surface area contributed by atoms with Crippen molar-refractivity contribution in [3.63, 3.8) is 0 Å². The highest BCUT2D eigenvalue weighted by molar-refractivity contribution is 7.99. The standard InChI is InChI=1S/C17H13N7O3S/c1-22-10-19-20-17(22)28-15-7-6-11(8-14(15)24(26)27)16(25)21-23-9-18-12-4-2-3-5-13(12)23/h2-10H,1H3,(H,21,25). The largest absolute Gasteiger partial charge is 0.311 e. The quantitative estimate of drug-likeness (QED) is 0.407. The van der Waals surface area contributed by atoms with Gasteiger partial charge in [-0.2, -0.15) is 0 Å². The summed E-state index contributed by atoms with van der Waals surface area (Å²) in [5.74, 6) is -0.485. The van der Waals surface area contributed by atoms with Crippen LogP contribution < -0.4 is 5.43 Å². The zero-order chi connectivity index (χ0) is 19.7. The van der Waals surface area contributed by atoms with E-state index in [9.17, 15) is 14.9 Å². The summed E-state index contributed by atoms with van der Waals surface area (Å²) in [5.41, 5.74) is 4.10. The first-order chi connectivity index (χ1) is 13.5. The molecule has 0 unspecified atom stereocenters. The van der Waals surface area contributed by atoms with E-state index in [1.807, 2.05) is 24.3 Å². The van der Waals surface area contributed by atoms with E-state index in [0.717, 1.165) is 22.8 Å². The molecule has 2 aromatic heterocycles. The number of benzene rings is 2. The number of aryl methyl sites for hydroxylation is 1. The third-order valence-electron chi connectivity index (χ3n) is 3.96. The number of amides is 1. The van der Waals surface area contributed by atoms with Gasteiger partial charge in [0.1, 0.15) is 12.7 Å². The summed E-state index contributed by atoms with van der Waals surface area (Å²) in [5, 5.41) is 19.7. The van der Waals surface area contributed by atoms with Gasteiger partial charge in [-0.15, -0.1) is 10.2 Å². The van der Waals surface area contributed by atoms with Crippen molar-refractivity contribution in [1.82, 2.24) is 24.4 Å². The van der Waals surface area contributed by atoms with Crippen molar-refractivity contribution in [1.29, 1.82) is 0 Å². The summed E-state index contributed by atoms with van der Waals surface area (Å²) in [6, 6.07) is 11.6. The normalized spacial score (nSPS) is 10.9. The number of carbonyl (C=O) groups excluding carboxylic acids is 1. The monoisotopic (exact) mass is 395 g/mol. The van der Waals surface area contributed by atoms with E-state index in [0.29, 0.717) is 10.1 Å². The number of hydrogen-bond acceptors (Lipinski definition) is 7. The second kappa shape index (κ2) is 7.12. The molecular weight excluding hydrogens is 382 g/mol. The van der Waals surface area contributed by atoms with Gasteiger partial charge in [0.2, 0.25) is 0 Å². The average Bonchev–Trinajstić information content (AvgIpc) is 3.28. The Balaban J connectivity index is 1.62. The average molecular weight is 395 g/mol. The van der Waals surface area contributed by atoms with Crippen LogP contribution in [0.25, 0.3) is 11.0 Å². The van der Waals surface area contributed by atoms with E-state index in [1.54, 1.807) is 11.6 Å². The second-order valence-corrected chi connectivity index (χ2v) is 6.82. The minimum Gasteiger partial charge on any atom is -0.311 e. The molecule has 2 aromatic carbocycles. The molecule has 11 heteroatoms. The van der Waals surface area contributed by atoms with E-state index in [-0.39, 0.29) is 11.3 Å². The third kappa shape index (κ3) is 3.30. The number of imidazole rings is 1. The van der Waals surface area contributed by atoms with E-state index in [1.165, 1.54) is 35.5 Å². The summed E-state index contributed by atoms with van der Waals surface area (Å²) < 4.78 is 3.13. The van der Waals surface area contributed by atoms with E-state index < -0.39 is 10.8 Å². The highest BCUT2D eigenvalue weighted by Gasteiger charge is 2.20. The maximum absolute atomic E-state index is 12.6. The summed E-state index contributed by atoms with van der Waals surface area (Å²) in [6.07, 6.45) is 2.99. The summed E-state index contributed by atoms with van der Waals surface area (Å²) in [4.78, 5) is 28.1. The number of hydrogen-bond donors (Lipinski definition) is 1. The van der Waals surface area contributed by atoms with Gasteiger partial charge in [-0.3, -0.25) is 20.3 Å². The van der Waals surface area contributed by atoms with Crippen LogP contribution in [0.5, 0.6) is 0 Å². The van der Waals surface area contributed by atoms with Crippen molar-refractivity contribution in [3.8, 4) is 0 Å². The maximum atomic E-state index is 12.6. The smallest absolute Gasteiger partial charge is 0.284 e. The minimum atomic E-state index is -0.526. The predicted octanol–water partition coefficient (Wildman–Crippen LogP) is 2.61. The van der Waals surface area contributed by atoms with Gasteiger partial charge in [-0.1, -0.05) is 12.1 Å². The molecule has 0 atom stereocenters. The van der Waals surface area contributed by atoms with Crippen LogP contribution in [0.15, 0.2) is 65.2 Å². The van der Waals surface area contributed by atoms with Crippen LogP contribution in [-0.4, -0.2) is 35.3 Å². The van der Waals surface area contributed by atoms with Gasteiger partial charge < -0.3 is 4.57 Å². The molecule has 0 spiro atoms. The molecule has 0 aliphatic rings. The van der Waals surface area contributed by atoms with Crippen LogP contribution in [-0.2, 0) is 7.05 Å². The van der Waals surface area contributed by atoms with Crippen LogP contribution >= 0.6 is 11.8 Å². The van der Waals surface area contributed by atoms with Gasteiger partial charge in [0.25, 0.3) is 11.6 Å². The lowest BCUT2D eigenvalue weighted by molar-refractivity contribution is -0.387. The van der Waals surface area contributed by atoms with Crippen molar-refractivity contribution in [3.05, 3.63) is 70.8 Å². The molecule has 2 heterocycles. The number of nitrogens with zero attached hydrogens (tertiary/aromatic N) is 6. The molecule has 1 amide bonds. The van der Waals surface area contributed by atoms with Crippen molar-refractivity contribution >= 4 is 34.4 Å². The number of aromatic nitrogens is 5. The number of para-hydroxylation sites is 2. The number of fused-ring (bicyclic) bond motifs is 1. The van der Waals surface area contributed by atoms with Crippen LogP contribution in [0.4, 0.5) is 5.69 Å². The molecule has 0 saturated carbocycles. The van der Waals surface area contributed by atoms with Crippen LogP contribution in [0, 0.1) is 10.1 Å². The number of nitro groups is 1. The minimum absolute atomic E-state index is 0.159. The Morgan fingerprint density at radius 3 is 2.79 bits per heavy atom. The lowest BCUT2D eigenvalue weighted by Gasteiger charge is -2.08. The topological polar surface area (TPSA) is 121 Å². The fourth-order valence-corrected chi connectivity index (χ4v) is 3.42. The molecule has 0 aliphatic carbocycles. The Morgan fingerprint density at radius 1 is 1.21 bits per heavy atom. The van der Waals surface area contributed by atoms with Gasteiger partial charge in [-0.05, 0) is 36.0 Å². The third-order valence-corrected chi connectivity index (χ3v) is 5.08. The van der Waals surface area contributed by atoms with Crippen LogP contribution in [0.2, 0.25) is 0 Å². The van der Waals surface area contributed by atoms with E-state index in [2.05, 4.69) is 20.6 Å². The van der Waals surface area contributed by atoms with Crippen molar-refractivity contribution in [2.75, 3.05) is 5.43 Å². The lowest BCUT2D eigenvalue weighted by Crippen LogP contribution is -2.22. The molecule has 4 aromatic rings. The lowest BCUT2D eigenvalue weighted by atomic mass is 10.2. The molecule has 28 heavy (non-hydrogen) atoms. The molecule has 0 fully saturated rings. The summed E-state index contributed by atoms with van der Waals surface area (Å²) >= 11 is 1.10. The number of nitrogens with one attached hydrogen (secondary N) is 1. The molecule has 0 aliphatic heterocycles. The SMILES string of the molecule is Cn1cnnc1Sc1ccc(C(=O)Nn2cnc3ccccc32)cc1[N+](=O)[O-]. The Labute approximate surface area is 162 Å². The fourth-order valence-electron chi connectivity index (χ4n) is 2.57. The van der Waals surface area contributed by atoms with Crippen LogP contribution in [0.3, 0.4) is 0 Å². The Kier molecular flexibility index (Phi) is 4.49. The number of carbonyl (C=O) groups is 1. The zero-order valence-corrected chi connectivity index (χ0v) is 15.3. The van der Waals surface area contributed by atoms with E-state index in [4.69, 9.17) is 0 Å².